The molecular formula is C23H25N3O5. The molecule has 8 heteroatoms. The number of nitrogens with zero attached hydrogens (tertiary/aromatic N) is 2. The van der Waals surface area contributed by atoms with Gasteiger partial charge in [0.25, 0.3) is 0 Å². The minimum atomic E-state index is -1.75. The van der Waals surface area contributed by atoms with E-state index in [2.05, 4.69) is 5.10 Å². The normalized spacial score (nSPS) is 23.3. The minimum absolute atomic E-state index is 0.263. The molecule has 1 fully saturated rings. The van der Waals surface area contributed by atoms with Crippen LogP contribution in [0.1, 0.15) is 27.9 Å². The summed E-state index contributed by atoms with van der Waals surface area (Å²) in [5.74, 6) is -1.64. The third kappa shape index (κ3) is 4.60. The van der Waals surface area contributed by atoms with Gasteiger partial charge >= 0.3 is 5.97 Å². The number of carbonyl (C=O) groups is 2. The summed E-state index contributed by atoms with van der Waals surface area (Å²) in [5, 5.41) is 15.7. The van der Waals surface area contributed by atoms with Crippen molar-refractivity contribution in [2.45, 2.75) is 18.6 Å². The molecular weight excluding hydrogens is 398 g/mol. The molecule has 0 spiro atoms. The molecule has 1 saturated heterocycles. The van der Waals surface area contributed by atoms with E-state index in [4.69, 9.17) is 15.2 Å². The molecule has 0 aromatic heterocycles. The largest absolute Gasteiger partial charge is 0.481 e. The topological polar surface area (TPSA) is 114 Å². The number of carbonyl (C=O) groups excluding carboxylic acids is 1. The number of para-hydroxylation sites is 1. The Morgan fingerprint density at radius 2 is 1.87 bits per heavy atom. The minimum Gasteiger partial charge on any atom is -0.481 e. The molecule has 31 heavy (non-hydrogen) atoms. The predicted molar refractivity (Wildman–Crippen MR) is 114 cm³/mol. The number of benzene rings is 2. The number of hydrogen-bond donors (Lipinski definition) is 2. The van der Waals surface area contributed by atoms with Crippen molar-refractivity contribution < 1.29 is 24.2 Å². The Labute approximate surface area is 180 Å². The van der Waals surface area contributed by atoms with E-state index < -0.39 is 23.4 Å². The first-order chi connectivity index (χ1) is 15.0. The second kappa shape index (κ2) is 8.87. The zero-order valence-corrected chi connectivity index (χ0v) is 17.1. The molecule has 2 aromatic rings. The first-order valence-electron chi connectivity index (χ1n) is 10.2. The fraction of sp³-hybridized carbons (Fsp3) is 0.348. The SMILES string of the molecule is NC1(C(=O)c2ccc(C=NN3CCOCC3)cc2)Oc2ccccc2CC1CC(=O)O. The fourth-order valence-corrected chi connectivity index (χ4v) is 3.88. The van der Waals surface area contributed by atoms with Crippen molar-refractivity contribution in [2.24, 2.45) is 16.8 Å². The standard InChI is InChI=1S/C23H25N3O5/c24-23(19(14-21(27)28)13-18-3-1-2-4-20(18)31-23)22(29)17-7-5-16(6-8-17)15-25-26-9-11-30-12-10-26/h1-8,15,19H,9-14,24H2,(H,27,28). The van der Waals surface area contributed by atoms with Crippen LogP contribution in [0.3, 0.4) is 0 Å². The van der Waals surface area contributed by atoms with Gasteiger partial charge in [-0.2, -0.15) is 5.10 Å². The summed E-state index contributed by atoms with van der Waals surface area (Å²) in [6.07, 6.45) is 1.83. The lowest BCUT2D eigenvalue weighted by Gasteiger charge is -2.40. The molecule has 8 nitrogen and oxygen atoms in total. The summed E-state index contributed by atoms with van der Waals surface area (Å²) in [7, 11) is 0. The van der Waals surface area contributed by atoms with Crippen LogP contribution in [0, 0.1) is 5.92 Å². The van der Waals surface area contributed by atoms with Crippen molar-refractivity contribution in [3.63, 3.8) is 0 Å². The van der Waals surface area contributed by atoms with Crippen molar-refractivity contribution in [3.05, 3.63) is 65.2 Å². The molecule has 2 unspecified atom stereocenters. The number of aliphatic carboxylic acids is 1. The van der Waals surface area contributed by atoms with Crippen LogP contribution >= 0.6 is 0 Å². The van der Waals surface area contributed by atoms with E-state index in [1.807, 2.05) is 17.1 Å². The van der Waals surface area contributed by atoms with Gasteiger partial charge in [-0.15, -0.1) is 0 Å². The first kappa shape index (κ1) is 21.0. The molecule has 0 aliphatic carbocycles. The van der Waals surface area contributed by atoms with Crippen molar-refractivity contribution in [2.75, 3.05) is 26.3 Å². The Kier molecular flexibility index (Phi) is 6.01. The number of ketones is 1. The molecule has 0 radical (unpaired) electrons. The van der Waals surface area contributed by atoms with Gasteiger partial charge in [-0.05, 0) is 23.6 Å². The van der Waals surface area contributed by atoms with Crippen molar-refractivity contribution >= 4 is 18.0 Å². The molecule has 2 aliphatic rings. The van der Waals surface area contributed by atoms with E-state index >= 15 is 0 Å². The molecule has 2 aliphatic heterocycles. The van der Waals surface area contributed by atoms with E-state index in [0.29, 0.717) is 30.9 Å². The van der Waals surface area contributed by atoms with Gasteiger partial charge in [0, 0.05) is 11.5 Å². The highest BCUT2D eigenvalue weighted by molar-refractivity contribution is 6.03. The van der Waals surface area contributed by atoms with Gasteiger partial charge in [0.05, 0.1) is 38.9 Å². The van der Waals surface area contributed by atoms with Crippen molar-refractivity contribution in [1.29, 1.82) is 0 Å². The molecule has 0 saturated carbocycles. The highest BCUT2D eigenvalue weighted by Gasteiger charge is 2.48. The third-order valence-corrected chi connectivity index (χ3v) is 5.63. The Morgan fingerprint density at radius 1 is 1.16 bits per heavy atom. The molecule has 2 heterocycles. The average molecular weight is 423 g/mol. The first-order valence-corrected chi connectivity index (χ1v) is 10.2. The summed E-state index contributed by atoms with van der Waals surface area (Å²) in [6.45, 7) is 2.80. The summed E-state index contributed by atoms with van der Waals surface area (Å²) in [6, 6.07) is 14.1. The van der Waals surface area contributed by atoms with Gasteiger partial charge in [0.15, 0.2) is 0 Å². The lowest BCUT2D eigenvalue weighted by Crippen LogP contribution is -2.61. The van der Waals surface area contributed by atoms with Gasteiger partial charge < -0.3 is 14.6 Å². The maximum atomic E-state index is 13.3. The van der Waals surface area contributed by atoms with Crippen LogP contribution in [0.4, 0.5) is 0 Å². The van der Waals surface area contributed by atoms with Crippen LogP contribution in [0.2, 0.25) is 0 Å². The van der Waals surface area contributed by atoms with Gasteiger partial charge in [0.1, 0.15) is 5.75 Å². The number of carboxylic acids is 1. The van der Waals surface area contributed by atoms with Gasteiger partial charge in [-0.1, -0.05) is 42.5 Å². The predicted octanol–water partition coefficient (Wildman–Crippen LogP) is 1.92. The monoisotopic (exact) mass is 423 g/mol. The van der Waals surface area contributed by atoms with E-state index in [1.54, 1.807) is 42.6 Å². The third-order valence-electron chi connectivity index (χ3n) is 5.63. The summed E-state index contributed by atoms with van der Waals surface area (Å²) >= 11 is 0. The Hall–Kier alpha value is -3.23. The average Bonchev–Trinajstić information content (AvgIpc) is 2.78. The number of rotatable bonds is 6. The Morgan fingerprint density at radius 3 is 2.58 bits per heavy atom. The number of morpholine rings is 1. The zero-order chi connectivity index (χ0) is 21.8. The molecule has 2 aromatic carbocycles. The van der Waals surface area contributed by atoms with Gasteiger partial charge in [-0.3, -0.25) is 20.3 Å². The smallest absolute Gasteiger partial charge is 0.303 e. The number of Topliss-reactive ketones (excluding diaryl/α,β-unsaturated/α-hetero) is 1. The number of carboxylic acid groups (broad SMARTS) is 1. The van der Waals surface area contributed by atoms with Crippen LogP contribution in [0.5, 0.6) is 5.75 Å². The highest BCUT2D eigenvalue weighted by Crippen LogP contribution is 2.38. The second-order valence-corrected chi connectivity index (χ2v) is 7.76. The summed E-state index contributed by atoms with van der Waals surface area (Å²) in [4.78, 5) is 24.8. The van der Waals surface area contributed by atoms with E-state index in [1.165, 1.54) is 0 Å². The maximum Gasteiger partial charge on any atom is 0.303 e. The number of hydrazone groups is 1. The molecule has 162 valence electrons. The number of ether oxygens (including phenoxy) is 2. The Bertz CT molecular complexity index is 985. The zero-order valence-electron chi connectivity index (χ0n) is 17.1. The fourth-order valence-electron chi connectivity index (χ4n) is 3.88. The second-order valence-electron chi connectivity index (χ2n) is 7.76. The van der Waals surface area contributed by atoms with E-state index in [0.717, 1.165) is 24.2 Å². The lowest BCUT2D eigenvalue weighted by molar-refractivity contribution is -0.140. The van der Waals surface area contributed by atoms with Crippen molar-refractivity contribution in [1.82, 2.24) is 5.01 Å². The van der Waals surface area contributed by atoms with Gasteiger partial charge in [0.2, 0.25) is 11.5 Å². The van der Waals surface area contributed by atoms with Crippen LogP contribution < -0.4 is 10.5 Å². The van der Waals surface area contributed by atoms with E-state index in [9.17, 15) is 14.7 Å². The number of hydrogen-bond acceptors (Lipinski definition) is 7. The summed E-state index contributed by atoms with van der Waals surface area (Å²) < 4.78 is 11.2. The molecule has 0 amide bonds. The van der Waals surface area contributed by atoms with Crippen LogP contribution in [-0.4, -0.2) is 60.1 Å². The quantitative estimate of drug-likeness (QED) is 0.539. The van der Waals surface area contributed by atoms with Crippen LogP contribution in [0.15, 0.2) is 53.6 Å². The molecule has 4 rings (SSSR count). The number of nitrogens with two attached hydrogens (primary N) is 1. The van der Waals surface area contributed by atoms with Crippen LogP contribution in [0.25, 0.3) is 0 Å². The number of fused-ring (bicyclic) bond motifs is 1. The lowest BCUT2D eigenvalue weighted by atomic mass is 9.80. The molecule has 0 bridgehead atoms. The maximum absolute atomic E-state index is 13.3. The highest BCUT2D eigenvalue weighted by atomic mass is 16.5. The Balaban J connectivity index is 1.54. The summed E-state index contributed by atoms with van der Waals surface area (Å²) in [5.41, 5.74) is 6.75. The van der Waals surface area contributed by atoms with Crippen molar-refractivity contribution in [3.8, 4) is 5.75 Å². The molecule has 2 atom stereocenters. The van der Waals surface area contributed by atoms with Gasteiger partial charge in [-0.25, -0.2) is 0 Å². The van der Waals surface area contributed by atoms with E-state index in [-0.39, 0.29) is 6.42 Å². The molecule has 3 N–H and O–H groups in total. The van der Waals surface area contributed by atoms with Crippen LogP contribution in [-0.2, 0) is 16.0 Å².